The van der Waals surface area contributed by atoms with Gasteiger partial charge in [-0.25, -0.2) is 9.18 Å². The predicted molar refractivity (Wildman–Crippen MR) is 170 cm³/mol. The zero-order valence-corrected chi connectivity index (χ0v) is 27.2. The van der Waals surface area contributed by atoms with Gasteiger partial charge in [-0.1, -0.05) is 33.6 Å². The quantitative estimate of drug-likeness (QED) is 0.200. The number of alkyl halides is 3. The largest absolute Gasteiger partial charge is 0.417 e. The first-order valence-corrected chi connectivity index (χ1v) is 15.7. The van der Waals surface area contributed by atoms with E-state index < -0.39 is 41.1 Å². The van der Waals surface area contributed by atoms with E-state index >= 15 is 0 Å². The lowest BCUT2D eigenvalue weighted by Crippen LogP contribution is -2.47. The van der Waals surface area contributed by atoms with Gasteiger partial charge >= 0.3 is 11.9 Å². The molecule has 0 saturated carbocycles. The van der Waals surface area contributed by atoms with Crippen molar-refractivity contribution in [2.45, 2.75) is 52.2 Å². The summed E-state index contributed by atoms with van der Waals surface area (Å²) in [7, 11) is 0. The number of nitrogens with zero attached hydrogens (tertiary/aromatic N) is 5. The SMILES string of the molecule is CCn1ncc2cc(-n3c(C(=O)NCc4c(F)cccc4Cl)c4n(c3=O)C[C@@H](C)N(C(=O)c3ccc(Br)c(C(F)(F)F)c3)C4)ccc21. The van der Waals surface area contributed by atoms with Crippen LogP contribution in [0.1, 0.15) is 51.5 Å². The molecule has 1 N–H and O–H groups in total. The van der Waals surface area contributed by atoms with Crippen molar-refractivity contribution in [3.63, 3.8) is 0 Å². The third-order valence-electron chi connectivity index (χ3n) is 8.21. The van der Waals surface area contributed by atoms with Crippen molar-refractivity contribution in [2.75, 3.05) is 0 Å². The summed E-state index contributed by atoms with van der Waals surface area (Å²) in [6.07, 6.45) is -3.07. The molecule has 0 saturated heterocycles. The molecule has 15 heteroatoms. The summed E-state index contributed by atoms with van der Waals surface area (Å²) in [4.78, 5) is 43.0. The van der Waals surface area contributed by atoms with Crippen molar-refractivity contribution in [3.05, 3.63) is 115 Å². The Morgan fingerprint density at radius 2 is 1.89 bits per heavy atom. The number of carbonyl (C=O) groups is 2. The minimum Gasteiger partial charge on any atom is -0.346 e. The summed E-state index contributed by atoms with van der Waals surface area (Å²) in [5.41, 5.74) is -0.519. The van der Waals surface area contributed by atoms with Crippen LogP contribution in [0, 0.1) is 5.82 Å². The lowest BCUT2D eigenvalue weighted by Gasteiger charge is -2.34. The van der Waals surface area contributed by atoms with E-state index in [0.717, 1.165) is 17.6 Å². The first kappa shape index (κ1) is 32.5. The van der Waals surface area contributed by atoms with Crippen LogP contribution in [0.5, 0.6) is 0 Å². The number of benzene rings is 3. The molecular formula is C32H26BrClF4N6O3. The van der Waals surface area contributed by atoms with Gasteiger partial charge in [0.1, 0.15) is 11.5 Å². The topological polar surface area (TPSA) is 94.2 Å². The number of hydrogen-bond donors (Lipinski definition) is 1. The van der Waals surface area contributed by atoms with Gasteiger partial charge in [0, 0.05) is 51.7 Å². The van der Waals surface area contributed by atoms with Crippen molar-refractivity contribution in [1.29, 1.82) is 0 Å². The standard InChI is InChI=1S/C32H26BrClF4N6O3/c1-3-43-26-10-8-20(11-19(26)13-40-43)44-28(29(45)39-14-21-24(34)5-4-6-25(21)35)27-16-41(17(2)15-42(27)31(44)47)30(46)18-7-9-23(33)22(12-18)32(36,37)38/h4-13,17H,3,14-16H2,1-2H3,(H,39,45)/t17-/m1/s1. The van der Waals surface area contributed by atoms with E-state index in [2.05, 4.69) is 26.3 Å². The second kappa shape index (κ2) is 12.3. The molecule has 0 unspecified atom stereocenters. The van der Waals surface area contributed by atoms with Crippen LogP contribution < -0.4 is 11.0 Å². The number of rotatable bonds is 6. The first-order valence-electron chi connectivity index (χ1n) is 14.5. The Morgan fingerprint density at radius 3 is 2.60 bits per heavy atom. The van der Waals surface area contributed by atoms with Crippen LogP contribution >= 0.6 is 27.5 Å². The Balaban J connectivity index is 1.45. The van der Waals surface area contributed by atoms with E-state index in [-0.39, 0.29) is 51.6 Å². The van der Waals surface area contributed by atoms with Crippen LogP contribution in [0.3, 0.4) is 0 Å². The molecule has 6 rings (SSSR count). The third kappa shape index (κ3) is 5.84. The fourth-order valence-corrected chi connectivity index (χ4v) is 6.52. The highest BCUT2D eigenvalue weighted by atomic mass is 79.9. The van der Waals surface area contributed by atoms with Crippen LogP contribution in [-0.2, 0) is 32.4 Å². The number of carbonyl (C=O) groups excluding carboxylic acids is 2. The van der Waals surface area contributed by atoms with Crippen LogP contribution in [-0.4, -0.2) is 41.7 Å². The van der Waals surface area contributed by atoms with Gasteiger partial charge in [-0.3, -0.25) is 23.4 Å². The fourth-order valence-electron chi connectivity index (χ4n) is 5.82. The molecular weight excluding hydrogens is 708 g/mol. The number of halogens is 6. The Labute approximate surface area is 278 Å². The number of amides is 2. The van der Waals surface area contributed by atoms with Gasteiger partial charge in [0.05, 0.1) is 35.2 Å². The predicted octanol–water partition coefficient (Wildman–Crippen LogP) is 6.56. The Kier molecular flexibility index (Phi) is 8.51. The Morgan fingerprint density at radius 1 is 1.13 bits per heavy atom. The Bertz CT molecular complexity index is 2100. The van der Waals surface area contributed by atoms with E-state index in [1.165, 1.54) is 38.3 Å². The summed E-state index contributed by atoms with van der Waals surface area (Å²) in [6.45, 7) is 3.61. The molecule has 0 fully saturated rings. The minimum absolute atomic E-state index is 0.0367. The summed E-state index contributed by atoms with van der Waals surface area (Å²) in [5.74, 6) is -2.09. The minimum atomic E-state index is -4.71. The molecule has 2 amide bonds. The van der Waals surface area contributed by atoms with E-state index in [9.17, 15) is 31.9 Å². The van der Waals surface area contributed by atoms with Gasteiger partial charge in [-0.15, -0.1) is 0 Å². The summed E-state index contributed by atoms with van der Waals surface area (Å²) in [6, 6.07) is 11.8. The summed E-state index contributed by atoms with van der Waals surface area (Å²) in [5, 5.41) is 7.81. The molecule has 47 heavy (non-hydrogen) atoms. The average Bonchev–Trinajstić information content (AvgIpc) is 3.57. The zero-order chi connectivity index (χ0) is 33.8. The van der Waals surface area contributed by atoms with E-state index in [1.54, 1.807) is 36.0 Å². The highest BCUT2D eigenvalue weighted by Gasteiger charge is 2.37. The van der Waals surface area contributed by atoms with Gasteiger partial charge in [0.25, 0.3) is 11.8 Å². The van der Waals surface area contributed by atoms with Crippen LogP contribution in [0.4, 0.5) is 17.6 Å². The molecule has 5 aromatic rings. The monoisotopic (exact) mass is 732 g/mol. The van der Waals surface area contributed by atoms with Gasteiger partial charge in [0.2, 0.25) is 0 Å². The second-order valence-electron chi connectivity index (χ2n) is 11.1. The number of aromatic nitrogens is 4. The van der Waals surface area contributed by atoms with Crippen molar-refractivity contribution in [3.8, 4) is 5.69 Å². The van der Waals surface area contributed by atoms with Gasteiger partial charge in [-0.05, 0) is 62.4 Å². The third-order valence-corrected chi connectivity index (χ3v) is 9.25. The number of fused-ring (bicyclic) bond motifs is 2. The van der Waals surface area contributed by atoms with Crippen molar-refractivity contribution in [1.82, 2.24) is 29.1 Å². The van der Waals surface area contributed by atoms with E-state index in [0.29, 0.717) is 17.6 Å². The molecule has 3 heterocycles. The van der Waals surface area contributed by atoms with Gasteiger partial charge in [-0.2, -0.15) is 18.3 Å². The molecule has 1 atom stereocenters. The maximum Gasteiger partial charge on any atom is 0.417 e. The second-order valence-corrected chi connectivity index (χ2v) is 12.3. The smallest absolute Gasteiger partial charge is 0.346 e. The molecule has 0 spiro atoms. The van der Waals surface area contributed by atoms with Crippen LogP contribution in [0.15, 0.2) is 70.1 Å². The highest BCUT2D eigenvalue weighted by molar-refractivity contribution is 9.10. The van der Waals surface area contributed by atoms with Crippen molar-refractivity contribution >= 4 is 50.2 Å². The molecule has 0 radical (unpaired) electrons. The molecule has 9 nitrogen and oxygen atoms in total. The maximum atomic E-state index is 14.6. The molecule has 1 aliphatic rings. The zero-order valence-electron chi connectivity index (χ0n) is 24.9. The lowest BCUT2D eigenvalue weighted by atomic mass is 10.1. The molecule has 0 bridgehead atoms. The lowest BCUT2D eigenvalue weighted by molar-refractivity contribution is -0.138. The number of imidazole rings is 1. The molecule has 244 valence electrons. The Hall–Kier alpha value is -4.43. The number of nitrogens with one attached hydrogen (secondary N) is 1. The average molecular weight is 734 g/mol. The van der Waals surface area contributed by atoms with Crippen molar-refractivity contribution < 1.29 is 27.2 Å². The van der Waals surface area contributed by atoms with E-state index in [4.69, 9.17) is 11.6 Å². The number of hydrogen-bond acceptors (Lipinski definition) is 4. The van der Waals surface area contributed by atoms with Crippen LogP contribution in [0.2, 0.25) is 5.02 Å². The normalized spacial score (nSPS) is 14.8. The van der Waals surface area contributed by atoms with Crippen LogP contribution in [0.25, 0.3) is 16.6 Å². The maximum absolute atomic E-state index is 14.6. The van der Waals surface area contributed by atoms with E-state index in [1.807, 2.05) is 6.92 Å². The van der Waals surface area contributed by atoms with Gasteiger partial charge < -0.3 is 10.2 Å². The molecule has 0 aliphatic carbocycles. The fraction of sp³-hybridized carbons (Fsp3) is 0.250. The molecule has 2 aromatic heterocycles. The van der Waals surface area contributed by atoms with Crippen molar-refractivity contribution in [2.24, 2.45) is 0 Å². The number of aryl methyl sites for hydroxylation is 1. The molecule has 3 aromatic carbocycles. The summed E-state index contributed by atoms with van der Waals surface area (Å²) < 4.78 is 59.6. The summed E-state index contributed by atoms with van der Waals surface area (Å²) >= 11 is 9.07. The highest BCUT2D eigenvalue weighted by Crippen LogP contribution is 2.36. The molecule has 1 aliphatic heterocycles. The van der Waals surface area contributed by atoms with Gasteiger partial charge in [0.15, 0.2) is 0 Å². The first-order chi connectivity index (χ1) is 22.3.